The fraction of sp³-hybridized carbons (Fsp3) is 0.231. The van der Waals surface area contributed by atoms with Crippen molar-refractivity contribution in [1.29, 1.82) is 0 Å². The number of fused-ring (bicyclic) bond motifs is 1. The highest BCUT2D eigenvalue weighted by atomic mass is 16.5. The Balaban J connectivity index is 1.60. The number of aromatic amines is 1. The molecule has 0 spiro atoms. The molecule has 1 unspecified atom stereocenters. The van der Waals surface area contributed by atoms with Gasteiger partial charge in [-0.25, -0.2) is 4.98 Å². The molecule has 1 atom stereocenters. The molecule has 19 heavy (non-hydrogen) atoms. The van der Waals surface area contributed by atoms with Crippen LogP contribution in [-0.4, -0.2) is 28.5 Å². The van der Waals surface area contributed by atoms with E-state index in [1.165, 1.54) is 0 Å². The average molecular weight is 258 g/mol. The number of hydrogen-bond donors (Lipinski definition) is 3. The first kappa shape index (κ1) is 11.6. The number of benzene rings is 1. The maximum Gasteiger partial charge on any atom is 0.263 e. The number of aromatic nitrogens is 2. The lowest BCUT2D eigenvalue weighted by Gasteiger charge is -2.26. The molecule has 0 saturated carbocycles. The Morgan fingerprint density at radius 2 is 2.37 bits per heavy atom. The van der Waals surface area contributed by atoms with Crippen LogP contribution in [0.2, 0.25) is 0 Å². The lowest BCUT2D eigenvalue weighted by Crippen LogP contribution is -2.44. The van der Waals surface area contributed by atoms with Crippen molar-refractivity contribution < 1.29 is 9.53 Å². The van der Waals surface area contributed by atoms with Gasteiger partial charge in [-0.15, -0.1) is 0 Å². The molecule has 0 bridgehead atoms. The van der Waals surface area contributed by atoms with Crippen LogP contribution in [0.1, 0.15) is 5.82 Å². The third kappa shape index (κ3) is 2.52. The Morgan fingerprint density at radius 1 is 1.47 bits per heavy atom. The summed E-state index contributed by atoms with van der Waals surface area (Å²) in [5, 5.41) is 5.97. The molecule has 0 radical (unpaired) electrons. The van der Waals surface area contributed by atoms with Gasteiger partial charge in [0.1, 0.15) is 11.6 Å². The smallest absolute Gasteiger partial charge is 0.263 e. The molecular formula is C13H14N4O2. The van der Waals surface area contributed by atoms with Gasteiger partial charge in [-0.3, -0.25) is 4.79 Å². The van der Waals surface area contributed by atoms with Crippen molar-refractivity contribution in [3.63, 3.8) is 0 Å². The number of rotatable bonds is 3. The second-order valence-electron chi connectivity index (χ2n) is 4.24. The molecular weight excluding hydrogens is 244 g/mol. The van der Waals surface area contributed by atoms with Gasteiger partial charge in [0.05, 0.1) is 18.8 Å². The molecule has 6 heteroatoms. The van der Waals surface area contributed by atoms with Crippen LogP contribution in [0, 0.1) is 0 Å². The molecule has 1 aromatic heterocycles. The predicted molar refractivity (Wildman–Crippen MR) is 69.8 cm³/mol. The van der Waals surface area contributed by atoms with E-state index in [0.29, 0.717) is 18.8 Å². The molecule has 3 N–H and O–H groups in total. The zero-order valence-electron chi connectivity index (χ0n) is 10.2. The van der Waals surface area contributed by atoms with E-state index < -0.39 is 6.10 Å². The van der Waals surface area contributed by atoms with Crippen LogP contribution in [0.15, 0.2) is 36.7 Å². The van der Waals surface area contributed by atoms with Crippen LogP contribution in [0.5, 0.6) is 5.75 Å². The van der Waals surface area contributed by atoms with Crippen molar-refractivity contribution in [2.24, 2.45) is 0 Å². The minimum Gasteiger partial charge on any atom is -0.477 e. The van der Waals surface area contributed by atoms with Gasteiger partial charge < -0.3 is 20.4 Å². The van der Waals surface area contributed by atoms with E-state index in [4.69, 9.17) is 4.74 Å². The number of anilines is 1. The van der Waals surface area contributed by atoms with E-state index in [-0.39, 0.29) is 5.91 Å². The van der Waals surface area contributed by atoms with Crippen LogP contribution in [0.3, 0.4) is 0 Å². The van der Waals surface area contributed by atoms with Crippen LogP contribution in [0.25, 0.3) is 0 Å². The number of amides is 1. The maximum absolute atomic E-state index is 12.0. The summed E-state index contributed by atoms with van der Waals surface area (Å²) in [6.45, 7) is 0.828. The third-order valence-electron chi connectivity index (χ3n) is 2.91. The highest BCUT2D eigenvalue weighted by molar-refractivity contribution is 5.82. The van der Waals surface area contributed by atoms with E-state index in [0.717, 1.165) is 11.5 Å². The molecule has 2 aromatic rings. The fourth-order valence-electron chi connectivity index (χ4n) is 1.94. The number of H-pyrrole nitrogens is 1. The zero-order valence-corrected chi connectivity index (χ0v) is 10.2. The molecule has 0 aliphatic carbocycles. The average Bonchev–Trinajstić information content (AvgIpc) is 2.97. The van der Waals surface area contributed by atoms with E-state index in [1.54, 1.807) is 12.4 Å². The summed E-state index contributed by atoms with van der Waals surface area (Å²) in [6.07, 6.45) is 2.84. The topological polar surface area (TPSA) is 79.0 Å². The van der Waals surface area contributed by atoms with Crippen LogP contribution in [-0.2, 0) is 11.3 Å². The maximum atomic E-state index is 12.0. The number of hydrogen-bond acceptors (Lipinski definition) is 4. The van der Waals surface area contributed by atoms with Gasteiger partial charge in [0.2, 0.25) is 0 Å². The van der Waals surface area contributed by atoms with E-state index >= 15 is 0 Å². The number of ether oxygens (including phenoxy) is 1. The van der Waals surface area contributed by atoms with Gasteiger partial charge >= 0.3 is 0 Å². The van der Waals surface area contributed by atoms with Gasteiger partial charge in [-0.05, 0) is 12.1 Å². The van der Waals surface area contributed by atoms with Crippen molar-refractivity contribution >= 4 is 11.6 Å². The van der Waals surface area contributed by atoms with Crippen LogP contribution < -0.4 is 15.4 Å². The first-order valence-electron chi connectivity index (χ1n) is 6.08. The standard InChI is InChI=1S/C13H14N4O2/c18-13(17-8-12-14-5-6-15-12)11-7-16-9-3-1-2-4-10(9)19-11/h1-6,11,16H,7-8H2,(H,14,15)(H,17,18). The van der Waals surface area contributed by atoms with E-state index in [2.05, 4.69) is 20.6 Å². The number of imidazole rings is 1. The molecule has 6 nitrogen and oxygen atoms in total. The minimum atomic E-state index is -0.523. The molecule has 98 valence electrons. The van der Waals surface area contributed by atoms with Gasteiger partial charge in [0, 0.05) is 12.4 Å². The first-order chi connectivity index (χ1) is 9.33. The molecule has 3 rings (SSSR count). The molecule has 1 amide bonds. The minimum absolute atomic E-state index is 0.154. The van der Waals surface area contributed by atoms with Gasteiger partial charge in [-0.1, -0.05) is 12.1 Å². The zero-order chi connectivity index (χ0) is 13.1. The molecule has 0 fully saturated rings. The Hall–Kier alpha value is -2.50. The lowest BCUT2D eigenvalue weighted by atomic mass is 10.2. The Kier molecular flexibility index (Phi) is 3.06. The Bertz CT molecular complexity index is 568. The van der Waals surface area contributed by atoms with Crippen molar-refractivity contribution in [2.45, 2.75) is 12.6 Å². The van der Waals surface area contributed by atoms with Crippen molar-refractivity contribution in [3.05, 3.63) is 42.5 Å². The molecule has 1 aliphatic rings. The number of nitrogens with zero attached hydrogens (tertiary/aromatic N) is 1. The first-order valence-corrected chi connectivity index (χ1v) is 6.08. The Morgan fingerprint density at radius 3 is 3.21 bits per heavy atom. The van der Waals surface area contributed by atoms with Crippen LogP contribution in [0.4, 0.5) is 5.69 Å². The number of carbonyl (C=O) groups excluding carboxylic acids is 1. The SMILES string of the molecule is O=C(NCc1ncc[nH]1)C1CNc2ccccc2O1. The number of para-hydroxylation sites is 2. The summed E-state index contributed by atoms with van der Waals surface area (Å²) in [5.41, 5.74) is 0.914. The highest BCUT2D eigenvalue weighted by Gasteiger charge is 2.25. The van der Waals surface area contributed by atoms with Gasteiger partial charge in [-0.2, -0.15) is 0 Å². The fourth-order valence-corrected chi connectivity index (χ4v) is 1.94. The summed E-state index contributed by atoms with van der Waals surface area (Å²) < 4.78 is 5.66. The van der Waals surface area contributed by atoms with Gasteiger partial charge in [0.15, 0.2) is 6.10 Å². The summed E-state index contributed by atoms with van der Waals surface area (Å²) in [6, 6.07) is 7.57. The Labute approximate surface area is 110 Å². The molecule has 1 aromatic carbocycles. The number of carbonyl (C=O) groups is 1. The monoisotopic (exact) mass is 258 g/mol. The normalized spacial score (nSPS) is 16.9. The largest absolute Gasteiger partial charge is 0.477 e. The summed E-state index contributed by atoms with van der Waals surface area (Å²) in [4.78, 5) is 19.0. The highest BCUT2D eigenvalue weighted by Crippen LogP contribution is 2.28. The third-order valence-corrected chi connectivity index (χ3v) is 2.91. The van der Waals surface area contributed by atoms with Crippen molar-refractivity contribution in [2.75, 3.05) is 11.9 Å². The summed E-state index contributed by atoms with van der Waals surface area (Å²) in [5.74, 6) is 1.27. The van der Waals surface area contributed by atoms with E-state index in [1.807, 2.05) is 24.3 Å². The van der Waals surface area contributed by atoms with Crippen molar-refractivity contribution in [1.82, 2.24) is 15.3 Å². The second-order valence-corrected chi connectivity index (χ2v) is 4.24. The van der Waals surface area contributed by atoms with E-state index in [9.17, 15) is 4.79 Å². The van der Waals surface area contributed by atoms with Crippen molar-refractivity contribution in [3.8, 4) is 5.75 Å². The summed E-state index contributed by atoms with van der Waals surface area (Å²) >= 11 is 0. The summed E-state index contributed by atoms with van der Waals surface area (Å²) in [7, 11) is 0. The second kappa shape index (κ2) is 5.01. The van der Waals surface area contributed by atoms with Crippen LogP contribution >= 0.6 is 0 Å². The molecule has 1 aliphatic heterocycles. The molecule has 2 heterocycles. The molecule has 0 saturated heterocycles. The van der Waals surface area contributed by atoms with Gasteiger partial charge in [0.25, 0.3) is 5.91 Å². The quantitative estimate of drug-likeness (QED) is 0.764. The predicted octanol–water partition coefficient (Wildman–Crippen LogP) is 0.899. The lowest BCUT2D eigenvalue weighted by molar-refractivity contribution is -0.127. The number of nitrogens with one attached hydrogen (secondary N) is 3.